The van der Waals surface area contributed by atoms with E-state index in [1.54, 1.807) is 14.2 Å². The molecule has 5 nitrogen and oxygen atoms in total. The fourth-order valence-electron chi connectivity index (χ4n) is 2.00. The topological polar surface area (TPSA) is 60.0 Å². The highest BCUT2D eigenvalue weighted by Gasteiger charge is 2.20. The number of rotatable bonds is 4. The molecule has 0 saturated heterocycles. The van der Waals surface area contributed by atoms with Crippen molar-refractivity contribution in [2.75, 3.05) is 14.2 Å². The maximum Gasteiger partial charge on any atom is 0.204 e. The summed E-state index contributed by atoms with van der Waals surface area (Å²) in [6.45, 7) is 4.11. The van der Waals surface area contributed by atoms with Crippen LogP contribution in [0.5, 0.6) is 0 Å². The van der Waals surface area contributed by atoms with Crippen LogP contribution in [0.25, 0.3) is 11.3 Å². The van der Waals surface area contributed by atoms with Crippen LogP contribution in [-0.2, 0) is 9.47 Å². The van der Waals surface area contributed by atoms with Crippen LogP contribution in [0.4, 0.5) is 0 Å². The summed E-state index contributed by atoms with van der Waals surface area (Å²) in [5.41, 5.74) is 4.82. The molecule has 2 aromatic rings. The van der Waals surface area contributed by atoms with Crippen molar-refractivity contribution in [3.05, 3.63) is 35.0 Å². The Morgan fingerprint density at radius 3 is 2.44 bits per heavy atom. The number of nitrogens with one attached hydrogen (secondary N) is 1. The van der Waals surface area contributed by atoms with Gasteiger partial charge in [0, 0.05) is 19.8 Å². The molecule has 0 amide bonds. The largest absolute Gasteiger partial charge is 0.350 e. The first kappa shape index (κ1) is 12.7. The summed E-state index contributed by atoms with van der Waals surface area (Å²) in [6, 6.07) is 6.20. The molecular weight excluding hydrogens is 230 g/mol. The van der Waals surface area contributed by atoms with Crippen LogP contribution in [0.1, 0.15) is 23.1 Å². The Morgan fingerprint density at radius 1 is 1.11 bits per heavy atom. The number of hydrogen-bond acceptors (Lipinski definition) is 4. The Morgan fingerprint density at radius 2 is 1.83 bits per heavy atom. The van der Waals surface area contributed by atoms with Crippen LogP contribution in [-0.4, -0.2) is 29.6 Å². The van der Waals surface area contributed by atoms with E-state index in [0.717, 1.165) is 16.8 Å². The third-order valence-corrected chi connectivity index (χ3v) is 2.86. The molecule has 1 aromatic heterocycles. The van der Waals surface area contributed by atoms with Gasteiger partial charge in [-0.2, -0.15) is 15.4 Å². The van der Waals surface area contributed by atoms with Crippen molar-refractivity contribution >= 4 is 0 Å². The van der Waals surface area contributed by atoms with Gasteiger partial charge >= 0.3 is 0 Å². The number of methoxy groups -OCH3 is 2. The first-order chi connectivity index (χ1) is 8.67. The molecule has 0 spiro atoms. The number of aromatic amines is 1. The van der Waals surface area contributed by atoms with Crippen molar-refractivity contribution in [1.29, 1.82) is 0 Å². The Bertz CT molecular complexity index is 533. The minimum Gasteiger partial charge on any atom is -0.350 e. The van der Waals surface area contributed by atoms with Gasteiger partial charge in [-0.25, -0.2) is 0 Å². The van der Waals surface area contributed by atoms with E-state index in [1.807, 2.05) is 6.07 Å². The van der Waals surface area contributed by atoms with E-state index in [2.05, 4.69) is 41.4 Å². The molecule has 0 aliphatic rings. The minimum absolute atomic E-state index is 0.514. The van der Waals surface area contributed by atoms with Crippen LogP contribution in [0.15, 0.2) is 18.2 Å². The van der Waals surface area contributed by atoms with Gasteiger partial charge < -0.3 is 9.47 Å². The lowest BCUT2D eigenvalue weighted by molar-refractivity contribution is -0.108. The molecule has 0 aliphatic carbocycles. The quantitative estimate of drug-likeness (QED) is 0.843. The van der Waals surface area contributed by atoms with Gasteiger partial charge in [0.25, 0.3) is 0 Å². The predicted octanol–water partition coefficient (Wildman–Crippen LogP) is 2.38. The molecule has 18 heavy (non-hydrogen) atoms. The summed E-state index contributed by atoms with van der Waals surface area (Å²) < 4.78 is 10.4. The number of nitrogens with zero attached hydrogens (tertiary/aromatic N) is 2. The average molecular weight is 247 g/mol. The molecule has 5 heteroatoms. The van der Waals surface area contributed by atoms with Crippen molar-refractivity contribution in [3.8, 4) is 11.3 Å². The first-order valence-corrected chi connectivity index (χ1v) is 5.71. The number of hydrogen-bond donors (Lipinski definition) is 1. The third kappa shape index (κ3) is 2.27. The second-order valence-corrected chi connectivity index (χ2v) is 4.18. The zero-order valence-corrected chi connectivity index (χ0v) is 11.0. The highest BCUT2D eigenvalue weighted by atomic mass is 16.7. The SMILES string of the molecule is COC(OC)c1n[nH]nc1-c1ccc(C)cc1C. The highest BCUT2D eigenvalue weighted by Crippen LogP contribution is 2.29. The fraction of sp³-hybridized carbons (Fsp3) is 0.385. The zero-order valence-electron chi connectivity index (χ0n) is 11.0. The highest BCUT2D eigenvalue weighted by molar-refractivity contribution is 5.65. The molecule has 0 unspecified atom stereocenters. The van der Waals surface area contributed by atoms with Crippen molar-refractivity contribution in [2.45, 2.75) is 20.1 Å². The lowest BCUT2D eigenvalue weighted by Crippen LogP contribution is -2.06. The van der Waals surface area contributed by atoms with E-state index < -0.39 is 6.29 Å². The molecule has 0 atom stereocenters. The smallest absolute Gasteiger partial charge is 0.204 e. The van der Waals surface area contributed by atoms with E-state index in [4.69, 9.17) is 9.47 Å². The molecule has 0 fully saturated rings. The van der Waals surface area contributed by atoms with Crippen LogP contribution in [0, 0.1) is 13.8 Å². The fourth-order valence-corrected chi connectivity index (χ4v) is 2.00. The summed E-state index contributed by atoms with van der Waals surface area (Å²) in [4.78, 5) is 0. The number of H-pyrrole nitrogens is 1. The van der Waals surface area contributed by atoms with Gasteiger partial charge in [0.1, 0.15) is 11.4 Å². The first-order valence-electron chi connectivity index (χ1n) is 5.71. The molecule has 96 valence electrons. The number of benzene rings is 1. The predicted molar refractivity (Wildman–Crippen MR) is 68.1 cm³/mol. The standard InChI is InChI=1S/C13H17N3O2/c1-8-5-6-10(9(2)7-8)11-12(15-16-14-11)13(17-3)18-4/h5-7,13H,1-4H3,(H,14,15,16). The van der Waals surface area contributed by atoms with Gasteiger partial charge in [0.15, 0.2) is 0 Å². The Balaban J connectivity index is 2.48. The lowest BCUT2D eigenvalue weighted by atomic mass is 10.0. The number of aryl methyl sites for hydroxylation is 2. The van der Waals surface area contributed by atoms with Crippen molar-refractivity contribution in [2.24, 2.45) is 0 Å². The van der Waals surface area contributed by atoms with Gasteiger partial charge in [0.05, 0.1) is 0 Å². The van der Waals surface area contributed by atoms with Crippen molar-refractivity contribution in [1.82, 2.24) is 15.4 Å². The maximum atomic E-state index is 5.22. The van der Waals surface area contributed by atoms with E-state index in [9.17, 15) is 0 Å². The van der Waals surface area contributed by atoms with Crippen LogP contribution < -0.4 is 0 Å². The molecule has 1 heterocycles. The monoisotopic (exact) mass is 247 g/mol. The van der Waals surface area contributed by atoms with Gasteiger partial charge in [-0.3, -0.25) is 0 Å². The Kier molecular flexibility index (Phi) is 3.74. The molecule has 1 N–H and O–H groups in total. The average Bonchev–Trinajstić information content (AvgIpc) is 2.80. The normalized spacial score (nSPS) is 11.2. The third-order valence-electron chi connectivity index (χ3n) is 2.86. The van der Waals surface area contributed by atoms with E-state index in [-0.39, 0.29) is 0 Å². The molecule has 0 bridgehead atoms. The molecule has 0 radical (unpaired) electrons. The summed E-state index contributed by atoms with van der Waals surface area (Å²) in [5, 5.41) is 10.9. The molecule has 1 aromatic carbocycles. The Hall–Kier alpha value is -1.72. The Labute approximate surface area is 106 Å². The molecule has 0 saturated carbocycles. The maximum absolute atomic E-state index is 5.22. The molecular formula is C13H17N3O2. The van der Waals surface area contributed by atoms with Crippen molar-refractivity contribution in [3.63, 3.8) is 0 Å². The van der Waals surface area contributed by atoms with Gasteiger partial charge in [-0.1, -0.05) is 23.8 Å². The van der Waals surface area contributed by atoms with Gasteiger partial charge in [-0.05, 0) is 19.4 Å². The van der Waals surface area contributed by atoms with Crippen LogP contribution in [0.3, 0.4) is 0 Å². The summed E-state index contributed by atoms with van der Waals surface area (Å²) in [5.74, 6) is 0. The minimum atomic E-state index is -0.514. The second kappa shape index (κ2) is 5.29. The molecule has 2 rings (SSSR count). The van der Waals surface area contributed by atoms with E-state index in [0.29, 0.717) is 5.69 Å². The van der Waals surface area contributed by atoms with E-state index >= 15 is 0 Å². The summed E-state index contributed by atoms with van der Waals surface area (Å²) in [6.07, 6.45) is -0.514. The van der Waals surface area contributed by atoms with Crippen molar-refractivity contribution < 1.29 is 9.47 Å². The van der Waals surface area contributed by atoms with Crippen LogP contribution in [0.2, 0.25) is 0 Å². The zero-order chi connectivity index (χ0) is 13.1. The van der Waals surface area contributed by atoms with Gasteiger partial charge in [0.2, 0.25) is 6.29 Å². The summed E-state index contributed by atoms with van der Waals surface area (Å²) >= 11 is 0. The number of ether oxygens (including phenoxy) is 2. The molecule has 0 aliphatic heterocycles. The summed E-state index contributed by atoms with van der Waals surface area (Å²) in [7, 11) is 3.16. The van der Waals surface area contributed by atoms with E-state index in [1.165, 1.54) is 5.56 Å². The van der Waals surface area contributed by atoms with Crippen LogP contribution >= 0.6 is 0 Å². The lowest BCUT2D eigenvalue weighted by Gasteiger charge is -2.12. The second-order valence-electron chi connectivity index (χ2n) is 4.18. The number of aromatic nitrogens is 3. The van der Waals surface area contributed by atoms with Gasteiger partial charge in [-0.15, -0.1) is 0 Å².